The van der Waals surface area contributed by atoms with Gasteiger partial charge in [0.25, 0.3) is 5.91 Å². The van der Waals surface area contributed by atoms with Crippen molar-refractivity contribution in [3.63, 3.8) is 0 Å². The highest BCUT2D eigenvalue weighted by Gasteiger charge is 2.12. The summed E-state index contributed by atoms with van der Waals surface area (Å²) in [5.41, 5.74) is 6.03. The number of nitrogens with two attached hydrogens (primary N) is 1. The number of thiazole rings is 1. The van der Waals surface area contributed by atoms with Gasteiger partial charge in [-0.25, -0.2) is 13.4 Å². The van der Waals surface area contributed by atoms with Crippen LogP contribution in [0.2, 0.25) is 0 Å². The number of nitrogens with one attached hydrogen (secondary N) is 1. The van der Waals surface area contributed by atoms with Gasteiger partial charge >= 0.3 is 0 Å². The van der Waals surface area contributed by atoms with E-state index in [0.717, 1.165) is 17.6 Å². The van der Waals surface area contributed by atoms with Gasteiger partial charge in [0.05, 0.1) is 4.90 Å². The van der Waals surface area contributed by atoms with Crippen LogP contribution >= 0.6 is 11.3 Å². The first-order valence-corrected chi connectivity index (χ1v) is 7.96. The fourth-order valence-electron chi connectivity index (χ4n) is 1.39. The number of aromatic nitrogens is 1. The van der Waals surface area contributed by atoms with Crippen LogP contribution < -0.4 is 11.1 Å². The van der Waals surface area contributed by atoms with Crippen molar-refractivity contribution in [1.82, 2.24) is 4.98 Å². The van der Waals surface area contributed by atoms with Gasteiger partial charge in [-0.1, -0.05) is 6.07 Å². The molecule has 2 rings (SSSR count). The van der Waals surface area contributed by atoms with E-state index in [1.807, 2.05) is 0 Å². The molecule has 3 N–H and O–H groups in total. The van der Waals surface area contributed by atoms with Crippen LogP contribution in [0, 0.1) is 0 Å². The smallest absolute Gasteiger partial charge is 0.275 e. The molecule has 8 heteroatoms. The average Bonchev–Trinajstić information content (AvgIpc) is 2.75. The maximum absolute atomic E-state index is 11.8. The van der Waals surface area contributed by atoms with E-state index in [2.05, 4.69) is 10.3 Å². The van der Waals surface area contributed by atoms with Crippen molar-refractivity contribution in [3.05, 3.63) is 35.3 Å². The summed E-state index contributed by atoms with van der Waals surface area (Å²) in [6.07, 6.45) is 1.11. The summed E-state index contributed by atoms with van der Waals surface area (Å²) in [6.45, 7) is 0. The normalized spacial score (nSPS) is 11.2. The number of hydrogen-bond acceptors (Lipinski definition) is 6. The summed E-state index contributed by atoms with van der Waals surface area (Å²) >= 11 is 1.16. The van der Waals surface area contributed by atoms with E-state index in [-0.39, 0.29) is 10.6 Å². The molecular formula is C11H11N3O3S2. The van der Waals surface area contributed by atoms with Crippen LogP contribution in [0.5, 0.6) is 0 Å². The van der Waals surface area contributed by atoms with Gasteiger partial charge in [-0.3, -0.25) is 4.79 Å². The molecule has 1 amide bonds. The van der Waals surface area contributed by atoms with Crippen molar-refractivity contribution in [1.29, 1.82) is 0 Å². The molecule has 1 aromatic carbocycles. The predicted molar refractivity (Wildman–Crippen MR) is 74.0 cm³/mol. The van der Waals surface area contributed by atoms with E-state index < -0.39 is 15.7 Å². The molecule has 0 radical (unpaired) electrons. The topological polar surface area (TPSA) is 102 Å². The van der Waals surface area contributed by atoms with Gasteiger partial charge in [-0.2, -0.15) is 0 Å². The Hall–Kier alpha value is -1.93. The quantitative estimate of drug-likeness (QED) is 0.891. The minimum atomic E-state index is -3.31. The molecule has 0 atom stereocenters. The monoisotopic (exact) mass is 297 g/mol. The number of benzene rings is 1. The van der Waals surface area contributed by atoms with Crippen molar-refractivity contribution >= 4 is 37.9 Å². The second-order valence-electron chi connectivity index (χ2n) is 3.83. The molecule has 0 aliphatic carbocycles. The van der Waals surface area contributed by atoms with E-state index in [1.54, 1.807) is 12.1 Å². The largest absolute Gasteiger partial charge is 0.375 e. The second-order valence-corrected chi connectivity index (χ2v) is 6.73. The Labute approximate surface area is 114 Å². The molecular weight excluding hydrogens is 286 g/mol. The lowest BCUT2D eigenvalue weighted by Gasteiger charge is -2.05. The third kappa shape index (κ3) is 3.30. The molecule has 100 valence electrons. The van der Waals surface area contributed by atoms with Gasteiger partial charge in [-0.15, -0.1) is 11.3 Å². The lowest BCUT2D eigenvalue weighted by atomic mass is 10.3. The fraction of sp³-hybridized carbons (Fsp3) is 0.0909. The van der Waals surface area contributed by atoms with Crippen LogP contribution in [0.4, 0.5) is 10.8 Å². The summed E-state index contributed by atoms with van der Waals surface area (Å²) in [5, 5.41) is 4.40. The predicted octanol–water partition coefficient (Wildman–Crippen LogP) is 1.38. The van der Waals surface area contributed by atoms with Crippen LogP contribution in [0.15, 0.2) is 34.5 Å². The summed E-state index contributed by atoms with van der Waals surface area (Å²) in [6, 6.07) is 6.01. The first-order chi connectivity index (χ1) is 8.86. The number of carbonyl (C=O) groups is 1. The molecule has 0 fully saturated rings. The van der Waals surface area contributed by atoms with Crippen LogP contribution in [-0.2, 0) is 9.84 Å². The van der Waals surface area contributed by atoms with Gasteiger partial charge in [0.15, 0.2) is 15.0 Å². The number of nitrogens with zero attached hydrogens (tertiary/aromatic N) is 1. The number of hydrogen-bond donors (Lipinski definition) is 2. The van der Waals surface area contributed by atoms with Crippen LogP contribution in [0.1, 0.15) is 10.5 Å². The maximum Gasteiger partial charge on any atom is 0.275 e. The Morgan fingerprint density at radius 2 is 2.16 bits per heavy atom. The zero-order chi connectivity index (χ0) is 14.0. The van der Waals surface area contributed by atoms with Gasteiger partial charge in [0, 0.05) is 17.3 Å². The maximum atomic E-state index is 11.8. The minimum Gasteiger partial charge on any atom is -0.375 e. The molecule has 19 heavy (non-hydrogen) atoms. The number of nitrogen functional groups attached to an aromatic ring is 1. The van der Waals surface area contributed by atoms with Gasteiger partial charge in [0.2, 0.25) is 0 Å². The third-order valence-corrected chi connectivity index (χ3v) is 4.06. The minimum absolute atomic E-state index is 0.142. The highest BCUT2D eigenvalue weighted by molar-refractivity contribution is 7.90. The molecule has 1 heterocycles. The zero-order valence-corrected chi connectivity index (χ0v) is 11.6. The Bertz CT molecular complexity index is 722. The lowest BCUT2D eigenvalue weighted by Crippen LogP contribution is -2.12. The first-order valence-electron chi connectivity index (χ1n) is 5.19. The number of sulfone groups is 1. The van der Waals surface area contributed by atoms with E-state index in [1.165, 1.54) is 17.5 Å². The highest BCUT2D eigenvalue weighted by atomic mass is 32.2. The molecule has 0 bridgehead atoms. The highest BCUT2D eigenvalue weighted by Crippen LogP contribution is 2.17. The van der Waals surface area contributed by atoms with Crippen LogP contribution in [0.25, 0.3) is 0 Å². The van der Waals surface area contributed by atoms with Crippen molar-refractivity contribution in [3.8, 4) is 0 Å². The number of carbonyl (C=O) groups excluding carboxylic acids is 1. The molecule has 6 nitrogen and oxygen atoms in total. The van der Waals surface area contributed by atoms with Crippen molar-refractivity contribution in [2.75, 3.05) is 17.3 Å². The summed E-state index contributed by atoms with van der Waals surface area (Å²) in [4.78, 5) is 15.8. The van der Waals surface area contributed by atoms with Crippen molar-refractivity contribution < 1.29 is 13.2 Å². The standard InChI is InChI=1S/C11H11N3O3S2/c1-19(16,17)8-4-2-3-7(5-8)13-10(15)9-6-18-11(12)14-9/h2-6H,1H3,(H2,12,14)(H,13,15). The third-order valence-electron chi connectivity index (χ3n) is 2.27. The van der Waals surface area contributed by atoms with Crippen LogP contribution in [-0.4, -0.2) is 25.6 Å². The Morgan fingerprint density at radius 1 is 1.42 bits per heavy atom. The lowest BCUT2D eigenvalue weighted by molar-refractivity contribution is 0.102. The second kappa shape index (κ2) is 4.98. The van der Waals surface area contributed by atoms with Gasteiger partial charge in [0.1, 0.15) is 5.69 Å². The number of anilines is 2. The summed E-state index contributed by atoms with van der Waals surface area (Å²) in [7, 11) is -3.31. The fourth-order valence-corrected chi connectivity index (χ4v) is 2.60. The van der Waals surface area contributed by atoms with E-state index in [4.69, 9.17) is 5.73 Å². The van der Waals surface area contributed by atoms with Gasteiger partial charge < -0.3 is 11.1 Å². The summed E-state index contributed by atoms with van der Waals surface area (Å²) < 4.78 is 22.8. The molecule has 0 aliphatic rings. The Morgan fingerprint density at radius 3 is 2.74 bits per heavy atom. The average molecular weight is 297 g/mol. The molecule has 0 aliphatic heterocycles. The molecule has 0 saturated heterocycles. The Balaban J connectivity index is 2.22. The molecule has 0 spiro atoms. The Kier molecular flexibility index (Phi) is 3.54. The number of amides is 1. The number of rotatable bonds is 3. The molecule has 0 unspecified atom stereocenters. The van der Waals surface area contributed by atoms with E-state index in [9.17, 15) is 13.2 Å². The molecule has 2 aromatic rings. The molecule has 1 aromatic heterocycles. The van der Waals surface area contributed by atoms with Crippen molar-refractivity contribution in [2.24, 2.45) is 0 Å². The van der Waals surface area contributed by atoms with Gasteiger partial charge in [-0.05, 0) is 18.2 Å². The van der Waals surface area contributed by atoms with Crippen LogP contribution in [0.3, 0.4) is 0 Å². The van der Waals surface area contributed by atoms with E-state index >= 15 is 0 Å². The SMILES string of the molecule is CS(=O)(=O)c1cccc(NC(=O)c2csc(N)n2)c1. The summed E-state index contributed by atoms with van der Waals surface area (Å²) in [5.74, 6) is -0.432. The zero-order valence-electron chi connectivity index (χ0n) is 9.95. The molecule has 0 saturated carbocycles. The first kappa shape index (κ1) is 13.5. The van der Waals surface area contributed by atoms with Crippen molar-refractivity contribution in [2.45, 2.75) is 4.90 Å². The van der Waals surface area contributed by atoms with E-state index in [0.29, 0.717) is 10.8 Å².